The second-order valence-corrected chi connectivity index (χ2v) is 2.69. The Hall–Kier alpha value is -0.0800. The average molecular weight is 115 g/mol. The Morgan fingerprint density at radius 2 is 2.12 bits per heavy atom. The van der Waals surface area contributed by atoms with Crippen LogP contribution in [0.25, 0.3) is 0 Å². The molecular formula is C6H13NO. The van der Waals surface area contributed by atoms with Gasteiger partial charge in [0, 0.05) is 6.04 Å². The van der Waals surface area contributed by atoms with Crippen molar-refractivity contribution in [1.29, 1.82) is 0 Å². The van der Waals surface area contributed by atoms with E-state index in [4.69, 9.17) is 10.8 Å². The summed E-state index contributed by atoms with van der Waals surface area (Å²) >= 11 is 0. The van der Waals surface area contributed by atoms with Crippen LogP contribution in [-0.2, 0) is 0 Å². The van der Waals surface area contributed by atoms with Crippen LogP contribution in [0.5, 0.6) is 0 Å². The molecule has 0 heterocycles. The molecule has 0 aromatic heterocycles. The summed E-state index contributed by atoms with van der Waals surface area (Å²) in [6.45, 7) is 1.85. The van der Waals surface area contributed by atoms with Gasteiger partial charge in [-0.15, -0.1) is 0 Å². The smallest absolute Gasteiger partial charge is 0.0716 e. The molecule has 0 aromatic carbocycles. The molecular weight excluding hydrogens is 102 g/mol. The van der Waals surface area contributed by atoms with Crippen LogP contribution >= 0.6 is 0 Å². The van der Waals surface area contributed by atoms with E-state index in [0.29, 0.717) is 5.92 Å². The quantitative estimate of drug-likeness (QED) is 0.536. The van der Waals surface area contributed by atoms with Crippen LogP contribution in [-0.4, -0.2) is 17.3 Å². The van der Waals surface area contributed by atoms with Gasteiger partial charge < -0.3 is 10.8 Å². The summed E-state index contributed by atoms with van der Waals surface area (Å²) in [5.74, 6) is 0.523. The third-order valence-corrected chi connectivity index (χ3v) is 1.64. The van der Waals surface area contributed by atoms with Gasteiger partial charge in [0.25, 0.3) is 0 Å². The van der Waals surface area contributed by atoms with Crippen LogP contribution in [0.15, 0.2) is 0 Å². The lowest BCUT2D eigenvalue weighted by atomic mass is 10.1. The molecule has 0 amide bonds. The van der Waals surface area contributed by atoms with Gasteiger partial charge in [-0.25, -0.2) is 0 Å². The summed E-state index contributed by atoms with van der Waals surface area (Å²) in [5.41, 5.74) is 5.43. The second kappa shape index (κ2) is 2.03. The molecule has 2 nitrogen and oxygen atoms in total. The molecule has 0 aromatic rings. The van der Waals surface area contributed by atoms with Crippen LogP contribution in [0.4, 0.5) is 0 Å². The molecule has 1 saturated carbocycles. The predicted molar refractivity (Wildman–Crippen MR) is 32.4 cm³/mol. The van der Waals surface area contributed by atoms with Crippen molar-refractivity contribution in [3.63, 3.8) is 0 Å². The minimum atomic E-state index is -0.241. The first kappa shape index (κ1) is 6.05. The number of aliphatic hydroxyl groups excluding tert-OH is 1. The Balaban J connectivity index is 2.22. The molecule has 0 radical (unpaired) electrons. The number of aliphatic hydroxyl groups is 1. The van der Waals surface area contributed by atoms with Crippen LogP contribution in [0.3, 0.4) is 0 Å². The Morgan fingerprint density at radius 3 is 2.25 bits per heavy atom. The SMILES string of the molecule is C[C@@H](N)C(O)C1CC1. The fourth-order valence-corrected chi connectivity index (χ4v) is 0.867. The zero-order valence-corrected chi connectivity index (χ0v) is 5.17. The molecule has 1 aliphatic rings. The van der Waals surface area contributed by atoms with Gasteiger partial charge in [-0.3, -0.25) is 0 Å². The summed E-state index contributed by atoms with van der Waals surface area (Å²) in [7, 11) is 0. The highest BCUT2D eigenvalue weighted by molar-refractivity contribution is 4.85. The Morgan fingerprint density at radius 1 is 1.62 bits per heavy atom. The molecule has 1 fully saturated rings. The Bertz CT molecular complexity index is 76.6. The van der Waals surface area contributed by atoms with Crippen molar-refractivity contribution in [3.8, 4) is 0 Å². The van der Waals surface area contributed by atoms with E-state index < -0.39 is 0 Å². The van der Waals surface area contributed by atoms with Gasteiger partial charge in [0.05, 0.1) is 6.10 Å². The fourth-order valence-electron chi connectivity index (χ4n) is 0.867. The second-order valence-electron chi connectivity index (χ2n) is 2.69. The highest BCUT2D eigenvalue weighted by atomic mass is 16.3. The van der Waals surface area contributed by atoms with Gasteiger partial charge in [-0.05, 0) is 25.7 Å². The lowest BCUT2D eigenvalue weighted by molar-refractivity contribution is 0.128. The van der Waals surface area contributed by atoms with E-state index in [9.17, 15) is 0 Å². The van der Waals surface area contributed by atoms with Gasteiger partial charge in [-0.2, -0.15) is 0 Å². The molecule has 2 heteroatoms. The van der Waals surface area contributed by atoms with E-state index in [1.165, 1.54) is 12.8 Å². The lowest BCUT2D eigenvalue weighted by Crippen LogP contribution is -2.32. The Labute approximate surface area is 49.7 Å². The van der Waals surface area contributed by atoms with Gasteiger partial charge in [0.1, 0.15) is 0 Å². The minimum Gasteiger partial charge on any atom is -0.391 e. The summed E-state index contributed by atoms with van der Waals surface area (Å²) in [6.07, 6.45) is 2.10. The first-order valence-electron chi connectivity index (χ1n) is 3.15. The van der Waals surface area contributed by atoms with Gasteiger partial charge in [0.15, 0.2) is 0 Å². The van der Waals surface area contributed by atoms with E-state index in [1.807, 2.05) is 6.92 Å². The van der Waals surface area contributed by atoms with Gasteiger partial charge in [0.2, 0.25) is 0 Å². The maximum Gasteiger partial charge on any atom is 0.0716 e. The van der Waals surface area contributed by atoms with Crippen molar-refractivity contribution < 1.29 is 5.11 Å². The zero-order valence-electron chi connectivity index (χ0n) is 5.17. The summed E-state index contributed by atoms with van der Waals surface area (Å²) < 4.78 is 0. The molecule has 0 saturated heterocycles. The fraction of sp³-hybridized carbons (Fsp3) is 1.00. The largest absolute Gasteiger partial charge is 0.391 e. The number of nitrogens with two attached hydrogens (primary N) is 1. The molecule has 0 spiro atoms. The van der Waals surface area contributed by atoms with E-state index in [1.54, 1.807) is 0 Å². The highest BCUT2D eigenvalue weighted by Gasteiger charge is 2.31. The molecule has 0 bridgehead atoms. The molecule has 1 aliphatic carbocycles. The summed E-state index contributed by atoms with van der Waals surface area (Å²) in [6, 6.07) is -0.0394. The maximum absolute atomic E-state index is 9.14. The van der Waals surface area contributed by atoms with Crippen molar-refractivity contribution in [2.75, 3.05) is 0 Å². The highest BCUT2D eigenvalue weighted by Crippen LogP contribution is 2.33. The molecule has 1 unspecified atom stereocenters. The maximum atomic E-state index is 9.14. The molecule has 8 heavy (non-hydrogen) atoms. The first-order chi connectivity index (χ1) is 3.72. The zero-order chi connectivity index (χ0) is 6.15. The van der Waals surface area contributed by atoms with Crippen LogP contribution in [0, 0.1) is 5.92 Å². The molecule has 48 valence electrons. The number of hydrogen-bond donors (Lipinski definition) is 2. The minimum absolute atomic E-state index is 0.0394. The first-order valence-corrected chi connectivity index (χ1v) is 3.15. The number of hydrogen-bond acceptors (Lipinski definition) is 2. The Kier molecular flexibility index (Phi) is 1.54. The van der Waals surface area contributed by atoms with Crippen molar-refractivity contribution in [2.24, 2.45) is 11.7 Å². The van der Waals surface area contributed by atoms with Crippen LogP contribution in [0.2, 0.25) is 0 Å². The van der Waals surface area contributed by atoms with Crippen molar-refractivity contribution in [1.82, 2.24) is 0 Å². The monoisotopic (exact) mass is 115 g/mol. The third-order valence-electron chi connectivity index (χ3n) is 1.64. The molecule has 1 rings (SSSR count). The number of rotatable bonds is 2. The average Bonchev–Trinajstić information content (AvgIpc) is 2.43. The van der Waals surface area contributed by atoms with Gasteiger partial charge in [-0.1, -0.05) is 0 Å². The van der Waals surface area contributed by atoms with E-state index >= 15 is 0 Å². The van der Waals surface area contributed by atoms with Crippen molar-refractivity contribution >= 4 is 0 Å². The lowest BCUT2D eigenvalue weighted by Gasteiger charge is -2.11. The van der Waals surface area contributed by atoms with E-state index in [2.05, 4.69) is 0 Å². The van der Waals surface area contributed by atoms with E-state index in [-0.39, 0.29) is 12.1 Å². The van der Waals surface area contributed by atoms with Gasteiger partial charge >= 0.3 is 0 Å². The molecule has 0 aliphatic heterocycles. The normalized spacial score (nSPS) is 27.4. The topological polar surface area (TPSA) is 46.2 Å². The summed E-state index contributed by atoms with van der Waals surface area (Å²) in [4.78, 5) is 0. The van der Waals surface area contributed by atoms with E-state index in [0.717, 1.165) is 0 Å². The molecule has 3 N–H and O–H groups in total. The standard InChI is InChI=1S/C6H13NO/c1-4(7)6(8)5-2-3-5/h4-6,8H,2-3,7H2,1H3/t4-,6?/m1/s1. The third kappa shape index (κ3) is 1.20. The van der Waals surface area contributed by atoms with Crippen LogP contribution < -0.4 is 5.73 Å². The predicted octanol–water partition coefficient (Wildman–Crippen LogP) is 0.104. The molecule has 2 atom stereocenters. The van der Waals surface area contributed by atoms with Crippen LogP contribution in [0.1, 0.15) is 19.8 Å². The van der Waals surface area contributed by atoms with Crippen molar-refractivity contribution in [3.05, 3.63) is 0 Å². The van der Waals surface area contributed by atoms with Crippen molar-refractivity contribution in [2.45, 2.75) is 31.9 Å². The summed E-state index contributed by atoms with van der Waals surface area (Å²) in [5, 5.41) is 9.14.